The van der Waals surface area contributed by atoms with E-state index in [9.17, 15) is 22.0 Å². The van der Waals surface area contributed by atoms with E-state index in [1.807, 2.05) is 0 Å². The van der Waals surface area contributed by atoms with Crippen molar-refractivity contribution in [2.45, 2.75) is 18.6 Å². The van der Waals surface area contributed by atoms with E-state index in [1.54, 1.807) is 4.72 Å². The normalized spacial score (nSPS) is 20.4. The molecule has 1 fully saturated rings. The standard InChI is InChI=1S/C8H13F2NO5S/c9-7(10)17(14,15)11-5-8(6(12)13)1-3-16-4-2-8/h7,11H,1-5H2,(H,12,13). The first kappa shape index (κ1) is 14.3. The van der Waals surface area contributed by atoms with Crippen LogP contribution < -0.4 is 4.72 Å². The molecule has 0 amide bonds. The summed E-state index contributed by atoms with van der Waals surface area (Å²) in [6.07, 6.45) is 0.183. The number of carboxylic acids is 1. The van der Waals surface area contributed by atoms with Crippen molar-refractivity contribution in [1.29, 1.82) is 0 Å². The van der Waals surface area contributed by atoms with Gasteiger partial charge in [-0.2, -0.15) is 8.78 Å². The Morgan fingerprint density at radius 1 is 1.41 bits per heavy atom. The third-order valence-corrected chi connectivity index (χ3v) is 3.77. The SMILES string of the molecule is O=C(O)C1(CNS(=O)(=O)C(F)F)CCOCC1. The maximum Gasteiger partial charge on any atom is 0.350 e. The number of aliphatic carboxylic acids is 1. The molecule has 1 rings (SSSR count). The number of nitrogens with one attached hydrogen (secondary N) is 1. The van der Waals surface area contributed by atoms with Gasteiger partial charge in [-0.05, 0) is 12.8 Å². The zero-order valence-corrected chi connectivity index (χ0v) is 9.67. The van der Waals surface area contributed by atoms with Crippen LogP contribution in [0.2, 0.25) is 0 Å². The van der Waals surface area contributed by atoms with Crippen LogP contribution >= 0.6 is 0 Å². The molecular formula is C8H13F2NO5S. The van der Waals surface area contributed by atoms with Crippen LogP contribution in [-0.4, -0.2) is 45.0 Å². The highest BCUT2D eigenvalue weighted by Crippen LogP contribution is 2.30. The lowest BCUT2D eigenvalue weighted by Gasteiger charge is -2.32. The number of carboxylic acid groups (broad SMARTS) is 1. The maximum absolute atomic E-state index is 12.1. The summed E-state index contributed by atoms with van der Waals surface area (Å²) < 4.78 is 52.4. The van der Waals surface area contributed by atoms with E-state index in [4.69, 9.17) is 9.84 Å². The molecule has 17 heavy (non-hydrogen) atoms. The van der Waals surface area contributed by atoms with Gasteiger partial charge in [0.05, 0.1) is 5.41 Å². The molecule has 0 aromatic heterocycles. The van der Waals surface area contributed by atoms with E-state index >= 15 is 0 Å². The zero-order valence-electron chi connectivity index (χ0n) is 8.86. The van der Waals surface area contributed by atoms with Crippen LogP contribution in [0.3, 0.4) is 0 Å². The predicted octanol–water partition coefficient (Wildman–Crippen LogP) is 0.00980. The highest BCUT2D eigenvalue weighted by molar-refractivity contribution is 7.89. The van der Waals surface area contributed by atoms with Gasteiger partial charge in [-0.25, -0.2) is 13.1 Å². The molecular weight excluding hydrogens is 260 g/mol. The van der Waals surface area contributed by atoms with E-state index in [0.717, 1.165) is 0 Å². The van der Waals surface area contributed by atoms with Crippen LogP contribution in [0.5, 0.6) is 0 Å². The molecule has 6 nitrogen and oxygen atoms in total. The molecule has 1 heterocycles. The van der Waals surface area contributed by atoms with Crippen LogP contribution in [0.1, 0.15) is 12.8 Å². The van der Waals surface area contributed by atoms with E-state index in [0.29, 0.717) is 0 Å². The number of ether oxygens (including phenoxy) is 1. The average molecular weight is 273 g/mol. The monoisotopic (exact) mass is 273 g/mol. The van der Waals surface area contributed by atoms with Gasteiger partial charge in [0.25, 0.3) is 10.0 Å². The largest absolute Gasteiger partial charge is 0.481 e. The molecule has 0 saturated carbocycles. The predicted molar refractivity (Wildman–Crippen MR) is 53.0 cm³/mol. The Bertz CT molecular complexity index is 377. The summed E-state index contributed by atoms with van der Waals surface area (Å²) in [5, 5.41) is 9.05. The molecule has 9 heteroatoms. The van der Waals surface area contributed by atoms with Crippen molar-refractivity contribution in [1.82, 2.24) is 4.72 Å². The topological polar surface area (TPSA) is 92.7 Å². The number of hydrogen-bond acceptors (Lipinski definition) is 4. The van der Waals surface area contributed by atoms with E-state index in [2.05, 4.69) is 0 Å². The fourth-order valence-electron chi connectivity index (χ4n) is 1.53. The van der Waals surface area contributed by atoms with Crippen molar-refractivity contribution in [2.24, 2.45) is 5.41 Å². The summed E-state index contributed by atoms with van der Waals surface area (Å²) >= 11 is 0. The van der Waals surface area contributed by atoms with Gasteiger partial charge in [0, 0.05) is 19.8 Å². The fraction of sp³-hybridized carbons (Fsp3) is 0.875. The first-order chi connectivity index (χ1) is 7.80. The number of carbonyl (C=O) groups is 1. The minimum Gasteiger partial charge on any atom is -0.481 e. The minimum atomic E-state index is -4.76. The van der Waals surface area contributed by atoms with Crippen molar-refractivity contribution in [2.75, 3.05) is 19.8 Å². The summed E-state index contributed by atoms with van der Waals surface area (Å²) in [6, 6.07) is 0. The smallest absolute Gasteiger partial charge is 0.350 e. The summed E-state index contributed by atoms with van der Waals surface area (Å²) in [4.78, 5) is 11.1. The van der Waals surface area contributed by atoms with Gasteiger partial charge in [0.15, 0.2) is 0 Å². The molecule has 0 atom stereocenters. The molecule has 0 aromatic rings. The molecule has 0 aromatic carbocycles. The Morgan fingerprint density at radius 3 is 2.35 bits per heavy atom. The number of rotatable bonds is 5. The highest BCUT2D eigenvalue weighted by Gasteiger charge is 2.41. The Balaban J connectivity index is 2.72. The van der Waals surface area contributed by atoms with Gasteiger partial charge < -0.3 is 9.84 Å². The van der Waals surface area contributed by atoms with Gasteiger partial charge in [0.1, 0.15) is 0 Å². The van der Waals surface area contributed by atoms with Crippen molar-refractivity contribution >= 4 is 16.0 Å². The molecule has 0 aliphatic carbocycles. The average Bonchev–Trinajstić information content (AvgIpc) is 2.27. The second-order valence-corrected chi connectivity index (χ2v) is 5.56. The maximum atomic E-state index is 12.1. The Labute approximate surface area is 97.0 Å². The zero-order chi connectivity index (χ0) is 13.1. The molecule has 0 radical (unpaired) electrons. The quantitative estimate of drug-likeness (QED) is 0.736. The minimum absolute atomic E-state index is 0.0914. The van der Waals surface area contributed by atoms with E-state index < -0.39 is 33.7 Å². The van der Waals surface area contributed by atoms with Gasteiger partial charge in [-0.15, -0.1) is 0 Å². The molecule has 0 bridgehead atoms. The third kappa shape index (κ3) is 3.33. The second kappa shape index (κ2) is 5.23. The second-order valence-electron chi connectivity index (χ2n) is 3.82. The molecule has 2 N–H and O–H groups in total. The Morgan fingerprint density at radius 2 is 1.94 bits per heavy atom. The molecule has 1 aliphatic rings. The van der Waals surface area contributed by atoms with Crippen LogP contribution in [0.4, 0.5) is 8.78 Å². The Hall–Kier alpha value is -0.800. The molecule has 100 valence electrons. The number of hydrogen-bond donors (Lipinski definition) is 2. The van der Waals surface area contributed by atoms with Gasteiger partial charge in [-0.1, -0.05) is 0 Å². The van der Waals surface area contributed by atoms with Crippen LogP contribution in [0.25, 0.3) is 0 Å². The molecule has 0 unspecified atom stereocenters. The van der Waals surface area contributed by atoms with Crippen LogP contribution in [-0.2, 0) is 19.6 Å². The number of alkyl halides is 2. The first-order valence-electron chi connectivity index (χ1n) is 4.88. The molecule has 1 aliphatic heterocycles. The lowest BCUT2D eigenvalue weighted by atomic mass is 9.80. The first-order valence-corrected chi connectivity index (χ1v) is 6.43. The van der Waals surface area contributed by atoms with E-state index in [1.165, 1.54) is 0 Å². The van der Waals surface area contributed by atoms with Crippen molar-refractivity contribution in [3.8, 4) is 0 Å². The number of sulfonamides is 1. The summed E-state index contributed by atoms with van der Waals surface area (Å²) in [5.41, 5.74) is -1.36. The molecule has 1 saturated heterocycles. The van der Waals surface area contributed by atoms with Gasteiger partial charge in [-0.3, -0.25) is 4.79 Å². The van der Waals surface area contributed by atoms with Crippen LogP contribution in [0.15, 0.2) is 0 Å². The summed E-state index contributed by atoms with van der Waals surface area (Å²) in [5.74, 6) is -4.77. The summed E-state index contributed by atoms with van der Waals surface area (Å²) in [6.45, 7) is -0.205. The summed E-state index contributed by atoms with van der Waals surface area (Å²) in [7, 11) is -4.76. The van der Waals surface area contributed by atoms with E-state index in [-0.39, 0.29) is 26.1 Å². The molecule has 0 spiro atoms. The number of halogens is 2. The fourth-order valence-corrected chi connectivity index (χ4v) is 2.13. The highest BCUT2D eigenvalue weighted by atomic mass is 32.2. The lowest BCUT2D eigenvalue weighted by molar-refractivity contribution is -0.154. The van der Waals surface area contributed by atoms with Gasteiger partial charge >= 0.3 is 11.7 Å². The van der Waals surface area contributed by atoms with Crippen molar-refractivity contribution in [3.05, 3.63) is 0 Å². The lowest BCUT2D eigenvalue weighted by Crippen LogP contribution is -2.47. The Kier molecular flexibility index (Phi) is 4.39. The third-order valence-electron chi connectivity index (χ3n) is 2.75. The van der Waals surface area contributed by atoms with Crippen molar-refractivity contribution < 1.29 is 31.8 Å². The van der Waals surface area contributed by atoms with Crippen molar-refractivity contribution in [3.63, 3.8) is 0 Å². The van der Waals surface area contributed by atoms with Gasteiger partial charge in [0.2, 0.25) is 0 Å². The van der Waals surface area contributed by atoms with Crippen LogP contribution in [0, 0.1) is 5.41 Å².